The van der Waals surface area contributed by atoms with E-state index in [1.54, 1.807) is 0 Å². The van der Waals surface area contributed by atoms with Crippen LogP contribution in [0.1, 0.15) is 0 Å². The summed E-state index contributed by atoms with van der Waals surface area (Å²) in [5.41, 5.74) is 0. The van der Waals surface area contributed by atoms with Crippen molar-refractivity contribution >= 4 is 58.5 Å². The van der Waals surface area contributed by atoms with E-state index in [2.05, 4.69) is 89.1 Å². The summed E-state index contributed by atoms with van der Waals surface area (Å²) >= 11 is 0. The van der Waals surface area contributed by atoms with Gasteiger partial charge < -0.3 is 0 Å². The standard InChI is InChI=1S/C22H13Si/c23-22-7-3-6-16-11-18-9-8-17-10-14-4-1-2-5-15(14)12-19(17)20(18)13-21(16)22/h1-13H. The lowest BCUT2D eigenvalue weighted by atomic mass is 9.96. The SMILES string of the molecule is [Si]c1cccc2cc3ccc4cc5ccccc5cc4c3cc12. The van der Waals surface area contributed by atoms with Gasteiger partial charge in [0, 0.05) is 0 Å². The zero-order valence-corrected chi connectivity index (χ0v) is 13.5. The molecule has 3 radical (unpaired) electrons. The van der Waals surface area contributed by atoms with Crippen LogP contribution in [0.4, 0.5) is 0 Å². The second kappa shape index (κ2) is 4.67. The van der Waals surface area contributed by atoms with Crippen LogP contribution in [0.25, 0.3) is 43.1 Å². The van der Waals surface area contributed by atoms with Crippen molar-refractivity contribution in [3.8, 4) is 0 Å². The highest BCUT2D eigenvalue weighted by atomic mass is 28.1. The molecule has 0 spiro atoms. The maximum Gasteiger partial charge on any atom is 0.0720 e. The fourth-order valence-electron chi connectivity index (χ4n) is 3.52. The van der Waals surface area contributed by atoms with Gasteiger partial charge in [0.05, 0.1) is 10.2 Å². The smallest absolute Gasteiger partial charge is 0.0632 e. The molecule has 0 aliphatic heterocycles. The Bertz CT molecular complexity index is 1220. The largest absolute Gasteiger partial charge is 0.0720 e. The fourth-order valence-corrected chi connectivity index (χ4v) is 3.84. The van der Waals surface area contributed by atoms with E-state index in [-0.39, 0.29) is 0 Å². The van der Waals surface area contributed by atoms with Gasteiger partial charge in [-0.25, -0.2) is 0 Å². The second-order valence-corrected chi connectivity index (χ2v) is 6.62. The number of fused-ring (bicyclic) bond motifs is 5. The van der Waals surface area contributed by atoms with E-state index < -0.39 is 0 Å². The summed E-state index contributed by atoms with van der Waals surface area (Å²) in [6.07, 6.45) is 0. The average molecular weight is 305 g/mol. The Kier molecular flexibility index (Phi) is 2.61. The summed E-state index contributed by atoms with van der Waals surface area (Å²) in [5.74, 6) is 0. The molecule has 5 rings (SSSR count). The molecule has 0 bridgehead atoms. The quantitative estimate of drug-likeness (QED) is 0.212. The Balaban J connectivity index is 2.01. The molecule has 0 atom stereocenters. The number of hydrogen-bond donors (Lipinski definition) is 0. The molecule has 23 heavy (non-hydrogen) atoms. The van der Waals surface area contributed by atoms with Crippen LogP contribution in [-0.4, -0.2) is 10.2 Å². The molecule has 5 aromatic rings. The fraction of sp³-hybridized carbons (Fsp3) is 0. The highest BCUT2D eigenvalue weighted by Crippen LogP contribution is 2.31. The van der Waals surface area contributed by atoms with Crippen LogP contribution >= 0.6 is 0 Å². The van der Waals surface area contributed by atoms with Crippen molar-refractivity contribution in [1.82, 2.24) is 0 Å². The van der Waals surface area contributed by atoms with Gasteiger partial charge in [0.1, 0.15) is 0 Å². The topological polar surface area (TPSA) is 0 Å². The average Bonchev–Trinajstić information content (AvgIpc) is 2.59. The Morgan fingerprint density at radius 3 is 1.78 bits per heavy atom. The predicted octanol–water partition coefficient (Wildman–Crippen LogP) is 5.09. The highest BCUT2D eigenvalue weighted by Gasteiger charge is 2.05. The minimum atomic E-state index is 1.14. The molecule has 1 heteroatoms. The van der Waals surface area contributed by atoms with Crippen molar-refractivity contribution in [2.45, 2.75) is 0 Å². The van der Waals surface area contributed by atoms with Crippen LogP contribution in [0.5, 0.6) is 0 Å². The van der Waals surface area contributed by atoms with E-state index in [0.717, 1.165) is 5.19 Å². The third kappa shape index (κ3) is 1.90. The number of hydrogen-bond acceptors (Lipinski definition) is 0. The van der Waals surface area contributed by atoms with E-state index in [9.17, 15) is 0 Å². The lowest BCUT2D eigenvalue weighted by Crippen LogP contribution is -2.02. The minimum Gasteiger partial charge on any atom is -0.0632 e. The predicted molar refractivity (Wildman–Crippen MR) is 102 cm³/mol. The van der Waals surface area contributed by atoms with Crippen LogP contribution in [-0.2, 0) is 0 Å². The molecule has 105 valence electrons. The molecule has 0 aliphatic rings. The first-order valence-corrected chi connectivity index (χ1v) is 8.29. The molecule has 0 amide bonds. The van der Waals surface area contributed by atoms with Crippen molar-refractivity contribution in [1.29, 1.82) is 0 Å². The van der Waals surface area contributed by atoms with E-state index in [1.807, 2.05) is 0 Å². The highest BCUT2D eigenvalue weighted by molar-refractivity contribution is 6.39. The van der Waals surface area contributed by atoms with Crippen LogP contribution in [0.2, 0.25) is 0 Å². The Morgan fingerprint density at radius 2 is 1.00 bits per heavy atom. The lowest BCUT2D eigenvalue weighted by Gasteiger charge is -2.09. The molecule has 0 saturated heterocycles. The monoisotopic (exact) mass is 305 g/mol. The molecule has 0 saturated carbocycles. The van der Waals surface area contributed by atoms with E-state index >= 15 is 0 Å². The van der Waals surface area contributed by atoms with Crippen LogP contribution < -0.4 is 5.19 Å². The third-order valence-corrected chi connectivity index (χ3v) is 5.14. The Hall–Kier alpha value is -2.64. The second-order valence-electron chi connectivity index (χ2n) is 6.09. The van der Waals surface area contributed by atoms with Gasteiger partial charge in [0.15, 0.2) is 0 Å². The van der Waals surface area contributed by atoms with Crippen molar-refractivity contribution < 1.29 is 0 Å². The van der Waals surface area contributed by atoms with Crippen molar-refractivity contribution in [2.24, 2.45) is 0 Å². The van der Waals surface area contributed by atoms with E-state index in [4.69, 9.17) is 0 Å². The van der Waals surface area contributed by atoms with Crippen molar-refractivity contribution in [2.75, 3.05) is 0 Å². The van der Waals surface area contributed by atoms with Gasteiger partial charge in [-0.15, -0.1) is 0 Å². The summed E-state index contributed by atoms with van der Waals surface area (Å²) in [6.45, 7) is 0. The first-order chi connectivity index (χ1) is 11.3. The summed E-state index contributed by atoms with van der Waals surface area (Å²) in [6, 6.07) is 28.6. The summed E-state index contributed by atoms with van der Waals surface area (Å²) in [7, 11) is 3.74. The van der Waals surface area contributed by atoms with Crippen molar-refractivity contribution in [3.63, 3.8) is 0 Å². The maximum absolute atomic E-state index is 3.74. The molecule has 0 unspecified atom stereocenters. The van der Waals surface area contributed by atoms with Gasteiger partial charge >= 0.3 is 0 Å². The molecular weight excluding hydrogens is 292 g/mol. The van der Waals surface area contributed by atoms with Gasteiger partial charge in [-0.05, 0) is 67.4 Å². The molecule has 0 heterocycles. The van der Waals surface area contributed by atoms with Gasteiger partial charge in [-0.2, -0.15) is 0 Å². The zero-order valence-electron chi connectivity index (χ0n) is 12.5. The van der Waals surface area contributed by atoms with Gasteiger partial charge in [-0.3, -0.25) is 0 Å². The summed E-state index contributed by atoms with van der Waals surface area (Å²) in [5, 5.41) is 11.5. The number of rotatable bonds is 0. The molecule has 5 aromatic carbocycles. The summed E-state index contributed by atoms with van der Waals surface area (Å²) in [4.78, 5) is 0. The third-order valence-electron chi connectivity index (χ3n) is 4.70. The van der Waals surface area contributed by atoms with Gasteiger partial charge in [0.25, 0.3) is 0 Å². The summed E-state index contributed by atoms with van der Waals surface area (Å²) < 4.78 is 0. The van der Waals surface area contributed by atoms with Crippen LogP contribution in [0, 0.1) is 0 Å². The van der Waals surface area contributed by atoms with E-state index in [1.165, 1.54) is 43.1 Å². The molecular formula is C22H13Si. The molecule has 0 nitrogen and oxygen atoms in total. The first-order valence-electron chi connectivity index (χ1n) is 7.79. The van der Waals surface area contributed by atoms with Crippen LogP contribution in [0.15, 0.2) is 78.9 Å². The van der Waals surface area contributed by atoms with E-state index in [0.29, 0.717) is 0 Å². The Morgan fingerprint density at radius 1 is 0.435 bits per heavy atom. The first kappa shape index (κ1) is 12.9. The lowest BCUT2D eigenvalue weighted by molar-refractivity contribution is 1.79. The van der Waals surface area contributed by atoms with Gasteiger partial charge in [-0.1, -0.05) is 59.8 Å². The zero-order chi connectivity index (χ0) is 15.4. The molecule has 0 aliphatic carbocycles. The van der Waals surface area contributed by atoms with Crippen LogP contribution in [0.3, 0.4) is 0 Å². The van der Waals surface area contributed by atoms with Gasteiger partial charge in [0.2, 0.25) is 0 Å². The normalized spacial score (nSPS) is 11.7. The Labute approximate surface area is 137 Å². The molecule has 0 fully saturated rings. The molecule has 0 N–H and O–H groups in total. The minimum absolute atomic E-state index is 1.14. The molecule has 0 aromatic heterocycles. The number of benzene rings is 5. The van der Waals surface area contributed by atoms with Crippen molar-refractivity contribution in [3.05, 3.63) is 78.9 Å². The maximum atomic E-state index is 3.74.